The molecule has 78 valence electrons. The maximum atomic E-state index is 10.2. The van der Waals surface area contributed by atoms with E-state index in [1.165, 1.54) is 12.4 Å². The minimum Gasteiger partial charge on any atom is -0.546 e. The van der Waals surface area contributed by atoms with Crippen molar-refractivity contribution in [1.82, 2.24) is 9.97 Å². The number of halogens is 1. The Morgan fingerprint density at radius 3 is 3.06 bits per heavy atom. The third kappa shape index (κ3) is 2.97. The van der Waals surface area contributed by atoms with Crippen LogP contribution in [0.5, 0.6) is 5.75 Å². The molecule has 0 aliphatic rings. The molecule has 0 aliphatic heterocycles. The first-order chi connectivity index (χ1) is 7.18. The second-order valence-electron chi connectivity index (χ2n) is 2.83. The first-order valence-corrected chi connectivity index (χ1v) is 4.50. The van der Waals surface area contributed by atoms with Crippen LogP contribution in [0.25, 0.3) is 11.0 Å². The first-order valence-electron chi connectivity index (χ1n) is 4.12. The zero-order valence-corrected chi connectivity index (χ0v) is 12.4. The Morgan fingerprint density at radius 1 is 1.62 bits per heavy atom. The maximum absolute atomic E-state index is 10.2. The largest absolute Gasteiger partial charge is 1.00 e. The number of aromatic nitrogens is 2. The van der Waals surface area contributed by atoms with Gasteiger partial charge in [-0.05, 0) is 6.07 Å². The molecule has 0 aromatic carbocycles. The van der Waals surface area contributed by atoms with Crippen LogP contribution < -0.4 is 61.2 Å². The van der Waals surface area contributed by atoms with Gasteiger partial charge < -0.3 is 19.6 Å². The van der Waals surface area contributed by atoms with Gasteiger partial charge in [-0.25, -0.2) is 0 Å². The quantitative estimate of drug-likeness (QED) is 0.615. The number of pyridine rings is 1. The molecule has 2 rings (SSSR count). The number of hydrogen-bond acceptors (Lipinski definition) is 4. The third-order valence-electron chi connectivity index (χ3n) is 1.83. The van der Waals surface area contributed by atoms with Gasteiger partial charge in [0.05, 0.1) is 16.5 Å². The monoisotopic (exact) mass is 264 g/mol. The number of ether oxygens (including phenoxy) is 1. The Balaban J connectivity index is 0.00000128. The van der Waals surface area contributed by atoms with E-state index >= 15 is 0 Å². The van der Waals surface area contributed by atoms with Gasteiger partial charge in [0, 0.05) is 12.4 Å². The van der Waals surface area contributed by atoms with E-state index in [0.29, 0.717) is 21.8 Å². The molecule has 0 amide bonds. The average Bonchev–Trinajstić information content (AvgIpc) is 2.59. The molecule has 0 atom stereocenters. The predicted molar refractivity (Wildman–Crippen MR) is 51.6 cm³/mol. The average molecular weight is 265 g/mol. The molecule has 0 bridgehead atoms. The summed E-state index contributed by atoms with van der Waals surface area (Å²) in [6.45, 7) is -0.513. The van der Waals surface area contributed by atoms with Gasteiger partial charge in [0.15, 0.2) is 5.75 Å². The summed E-state index contributed by atoms with van der Waals surface area (Å²) >= 11 is 5.88. The number of H-pyrrole nitrogens is 1. The molecule has 0 saturated carbocycles. The number of carbonyl (C=O) groups excluding carboxylic acids is 1. The zero-order valence-electron chi connectivity index (χ0n) is 8.49. The normalized spacial score (nSPS) is 9.81. The Morgan fingerprint density at radius 2 is 2.38 bits per heavy atom. The smallest absolute Gasteiger partial charge is 0.546 e. The summed E-state index contributed by atoms with van der Waals surface area (Å²) in [5.74, 6) is -0.942. The van der Waals surface area contributed by atoms with Crippen LogP contribution in [0.2, 0.25) is 5.02 Å². The van der Waals surface area contributed by atoms with Crippen LogP contribution in [-0.2, 0) is 4.79 Å². The molecule has 2 aromatic rings. The van der Waals surface area contributed by atoms with E-state index in [2.05, 4.69) is 9.97 Å². The summed E-state index contributed by atoms with van der Waals surface area (Å²) in [6, 6.07) is 1.63. The van der Waals surface area contributed by atoms with Crippen LogP contribution in [0.1, 0.15) is 0 Å². The number of hydrogen-bond donors (Lipinski definition) is 1. The molecule has 1 N–H and O–H groups in total. The molecule has 16 heavy (non-hydrogen) atoms. The summed E-state index contributed by atoms with van der Waals surface area (Å²) in [7, 11) is 0. The van der Waals surface area contributed by atoms with Crippen molar-refractivity contribution >= 4 is 28.6 Å². The van der Waals surface area contributed by atoms with Crippen LogP contribution in [-0.4, -0.2) is 22.5 Å². The molecule has 0 fully saturated rings. The minimum atomic E-state index is -1.29. The Labute approximate surface area is 139 Å². The maximum Gasteiger partial charge on any atom is 1.00 e. The number of carboxylic acids is 1. The van der Waals surface area contributed by atoms with Gasteiger partial charge in [0.2, 0.25) is 0 Å². The Kier molecular flexibility index (Phi) is 5.22. The van der Waals surface area contributed by atoms with Crippen LogP contribution >= 0.6 is 11.6 Å². The number of carboxylic acid groups (broad SMARTS) is 1. The van der Waals surface area contributed by atoms with Crippen molar-refractivity contribution in [3.05, 3.63) is 23.5 Å². The van der Waals surface area contributed by atoms with Gasteiger partial charge in [-0.15, -0.1) is 0 Å². The molecule has 7 heteroatoms. The number of aliphatic carboxylic acids is 1. The molecular formula is C9H6ClKN2O3. The van der Waals surface area contributed by atoms with Crippen LogP contribution in [0.3, 0.4) is 0 Å². The number of rotatable bonds is 3. The molecule has 0 unspecified atom stereocenters. The van der Waals surface area contributed by atoms with E-state index < -0.39 is 12.6 Å². The molecular weight excluding hydrogens is 259 g/mol. The van der Waals surface area contributed by atoms with Crippen LogP contribution in [0.15, 0.2) is 18.5 Å². The fraction of sp³-hybridized carbons (Fsp3) is 0.111. The van der Waals surface area contributed by atoms with Gasteiger partial charge >= 0.3 is 51.4 Å². The summed E-state index contributed by atoms with van der Waals surface area (Å²) in [5, 5.41) is 10.7. The second kappa shape index (κ2) is 5.99. The number of carbonyl (C=O) groups is 1. The van der Waals surface area contributed by atoms with E-state index in [1.54, 1.807) is 6.07 Å². The number of fused-ring (bicyclic) bond motifs is 1. The van der Waals surface area contributed by atoms with E-state index in [9.17, 15) is 9.90 Å². The first kappa shape index (κ1) is 13.9. The molecule has 5 nitrogen and oxygen atoms in total. The molecule has 2 aromatic heterocycles. The van der Waals surface area contributed by atoms with Gasteiger partial charge in [0.1, 0.15) is 12.1 Å². The zero-order chi connectivity index (χ0) is 10.8. The summed E-state index contributed by atoms with van der Waals surface area (Å²) in [5.41, 5.74) is 1.12. The van der Waals surface area contributed by atoms with Gasteiger partial charge in [0.25, 0.3) is 0 Å². The minimum absolute atomic E-state index is 0. The standard InChI is InChI=1S/C9H7ClN2O3.K/c10-5-1-2-11-9-6(3-12-8(5)9)15-4-7(13)14;/h1-3,12H,4H2,(H,13,14);/q;+1/p-1. The van der Waals surface area contributed by atoms with Gasteiger partial charge in [-0.1, -0.05) is 11.6 Å². The third-order valence-corrected chi connectivity index (χ3v) is 2.14. The topological polar surface area (TPSA) is 78.0 Å². The summed E-state index contributed by atoms with van der Waals surface area (Å²) in [6.07, 6.45) is 3.02. The van der Waals surface area contributed by atoms with Crippen molar-refractivity contribution in [2.75, 3.05) is 6.61 Å². The SMILES string of the molecule is O=C([O-])COc1c[nH]c2c(Cl)ccnc12.[K+]. The summed E-state index contributed by atoms with van der Waals surface area (Å²) < 4.78 is 4.96. The molecule has 2 heterocycles. The van der Waals surface area contributed by atoms with Crippen molar-refractivity contribution in [3.63, 3.8) is 0 Å². The van der Waals surface area contributed by atoms with Crippen molar-refractivity contribution in [1.29, 1.82) is 0 Å². The van der Waals surface area contributed by atoms with Gasteiger partial charge in [-0.2, -0.15) is 0 Å². The fourth-order valence-corrected chi connectivity index (χ4v) is 1.42. The van der Waals surface area contributed by atoms with Gasteiger partial charge in [-0.3, -0.25) is 4.98 Å². The fourth-order valence-electron chi connectivity index (χ4n) is 1.22. The number of nitrogens with zero attached hydrogens (tertiary/aromatic N) is 1. The Bertz CT molecular complexity index is 514. The van der Waals surface area contributed by atoms with Crippen LogP contribution in [0.4, 0.5) is 0 Å². The summed E-state index contributed by atoms with van der Waals surface area (Å²) in [4.78, 5) is 17.1. The van der Waals surface area contributed by atoms with Crippen LogP contribution in [0, 0.1) is 0 Å². The molecule has 0 saturated heterocycles. The number of aromatic amines is 1. The predicted octanol–water partition coefficient (Wildman–Crippen LogP) is -2.65. The molecule has 0 aliphatic carbocycles. The van der Waals surface area contributed by atoms with E-state index in [1.807, 2.05) is 0 Å². The van der Waals surface area contributed by atoms with Crippen molar-refractivity contribution in [2.45, 2.75) is 0 Å². The van der Waals surface area contributed by atoms with Crippen molar-refractivity contribution < 1.29 is 66.0 Å². The van der Waals surface area contributed by atoms with E-state index in [4.69, 9.17) is 16.3 Å². The van der Waals surface area contributed by atoms with E-state index in [-0.39, 0.29) is 51.4 Å². The second-order valence-corrected chi connectivity index (χ2v) is 3.24. The van der Waals surface area contributed by atoms with Crippen molar-refractivity contribution in [3.8, 4) is 5.75 Å². The molecule has 0 spiro atoms. The van der Waals surface area contributed by atoms with Crippen molar-refractivity contribution in [2.24, 2.45) is 0 Å². The van der Waals surface area contributed by atoms with E-state index in [0.717, 1.165) is 0 Å². The Hall–Kier alpha value is -0.114. The molecule has 0 radical (unpaired) electrons. The number of nitrogens with one attached hydrogen (secondary N) is 1.